The maximum absolute atomic E-state index is 14.5. The zero-order chi connectivity index (χ0) is 31.4. The molecule has 0 aromatic rings. The summed E-state index contributed by atoms with van der Waals surface area (Å²) in [5.41, 5.74) is 0.0822. The predicted molar refractivity (Wildman–Crippen MR) is 174 cm³/mol. The summed E-state index contributed by atoms with van der Waals surface area (Å²) >= 11 is 0. The van der Waals surface area contributed by atoms with Gasteiger partial charge in [-0.2, -0.15) is 0 Å². The molecule has 5 heteroatoms. The van der Waals surface area contributed by atoms with E-state index in [1.54, 1.807) is 21.0 Å². The van der Waals surface area contributed by atoms with Crippen LogP contribution in [-0.4, -0.2) is 46.1 Å². The van der Waals surface area contributed by atoms with Crippen LogP contribution in [-0.2, 0) is 4.74 Å². The molecule has 4 aliphatic carbocycles. The molecule has 0 aromatic heterocycles. The van der Waals surface area contributed by atoms with Crippen LogP contribution in [0.25, 0.3) is 0 Å². The van der Waals surface area contributed by atoms with Gasteiger partial charge in [-0.05, 0) is 146 Å². The van der Waals surface area contributed by atoms with E-state index in [2.05, 4.69) is 26.8 Å². The molecule has 0 bridgehead atoms. The maximum atomic E-state index is 14.5. The van der Waals surface area contributed by atoms with Crippen LogP contribution in [0.4, 0.5) is 4.39 Å². The van der Waals surface area contributed by atoms with Crippen LogP contribution in [0.5, 0.6) is 0 Å². The molecule has 0 saturated heterocycles. The highest BCUT2D eigenvalue weighted by Crippen LogP contribution is 2.54. The molecule has 4 rings (SSSR count). The Morgan fingerprint density at radius 1 is 0.907 bits per heavy atom. The van der Waals surface area contributed by atoms with Crippen LogP contribution >= 0.6 is 0 Å². The molecule has 43 heavy (non-hydrogen) atoms. The number of halogens is 1. The number of ether oxygens (including phenoxy) is 1. The second kappa shape index (κ2) is 15.4. The number of alkyl halides is 1. The van der Waals surface area contributed by atoms with Crippen LogP contribution in [0.3, 0.4) is 0 Å². The second-order valence-corrected chi connectivity index (χ2v) is 16.9. The zero-order valence-corrected chi connectivity index (χ0v) is 28.6. The van der Waals surface area contributed by atoms with E-state index in [9.17, 15) is 19.7 Å². The van der Waals surface area contributed by atoms with Crippen LogP contribution in [0.1, 0.15) is 144 Å². The summed E-state index contributed by atoms with van der Waals surface area (Å²) in [6.45, 7) is 10.1. The van der Waals surface area contributed by atoms with Crippen molar-refractivity contribution in [2.45, 2.75) is 167 Å². The molecular formula is C38H67FO4. The summed E-state index contributed by atoms with van der Waals surface area (Å²) in [6.07, 6.45) is 19.0. The third-order valence-electron chi connectivity index (χ3n) is 12.7. The van der Waals surface area contributed by atoms with Crippen LogP contribution in [0, 0.1) is 53.3 Å². The molecule has 3 saturated carbocycles. The molecule has 8 unspecified atom stereocenters. The quantitative estimate of drug-likeness (QED) is 0.129. The minimum atomic E-state index is -1.26. The standard InChI is InChI=1S/C38H67FO4/c1-25-13-15-27(16-14-25)33-24-34(33)35(40)23-29-22-28(31-11-7-8-12-32(31)36(41)42)17-18-30(29)26(10-9-20-37(2,3)39)19-21-38(4,5)43-6/h17,25-27,29-36,40-42H,7-16,18-24H2,1-6H3. The Morgan fingerprint density at radius 2 is 1.60 bits per heavy atom. The van der Waals surface area contributed by atoms with E-state index in [1.807, 2.05) is 0 Å². The minimum Gasteiger partial charge on any atom is -0.393 e. The summed E-state index contributed by atoms with van der Waals surface area (Å²) in [5, 5.41) is 32.3. The molecule has 0 radical (unpaired) electrons. The van der Waals surface area contributed by atoms with Crippen LogP contribution < -0.4 is 0 Å². The van der Waals surface area contributed by atoms with Gasteiger partial charge in [0.25, 0.3) is 0 Å². The van der Waals surface area contributed by atoms with Gasteiger partial charge in [0.05, 0.1) is 11.7 Å². The average molecular weight is 607 g/mol. The van der Waals surface area contributed by atoms with Crippen molar-refractivity contribution in [3.05, 3.63) is 11.6 Å². The first-order valence-electron chi connectivity index (χ1n) is 18.2. The molecule has 3 fully saturated rings. The van der Waals surface area contributed by atoms with Crippen molar-refractivity contribution < 1.29 is 24.4 Å². The van der Waals surface area contributed by atoms with Crippen LogP contribution in [0.15, 0.2) is 11.6 Å². The SMILES string of the molecule is COC(C)(C)CCC(CCCC(C)(C)F)C1CC=C(C2CCCCC2C(O)O)CC1CC(O)C1CC1C1CCC(C)CC1. The van der Waals surface area contributed by atoms with E-state index < -0.39 is 12.0 Å². The fourth-order valence-electron chi connectivity index (χ4n) is 9.54. The van der Waals surface area contributed by atoms with Gasteiger partial charge in [0.15, 0.2) is 6.29 Å². The lowest BCUT2D eigenvalue weighted by Crippen LogP contribution is -2.36. The normalized spacial score (nSPS) is 35.5. The Labute approximate surface area is 263 Å². The Balaban J connectivity index is 1.52. The largest absolute Gasteiger partial charge is 0.393 e. The van der Waals surface area contributed by atoms with E-state index in [-0.39, 0.29) is 23.5 Å². The summed E-state index contributed by atoms with van der Waals surface area (Å²) < 4.78 is 20.3. The van der Waals surface area contributed by atoms with E-state index in [4.69, 9.17) is 4.74 Å². The van der Waals surface area contributed by atoms with E-state index in [1.165, 1.54) is 37.7 Å². The highest BCUT2D eigenvalue weighted by Gasteiger charge is 2.48. The van der Waals surface area contributed by atoms with Gasteiger partial charge in [-0.1, -0.05) is 57.1 Å². The van der Waals surface area contributed by atoms with Gasteiger partial charge >= 0.3 is 0 Å². The molecule has 3 N–H and O–H groups in total. The van der Waals surface area contributed by atoms with Gasteiger partial charge in [0.1, 0.15) is 5.67 Å². The fourth-order valence-corrected chi connectivity index (χ4v) is 9.54. The monoisotopic (exact) mass is 607 g/mol. The Morgan fingerprint density at radius 3 is 2.26 bits per heavy atom. The van der Waals surface area contributed by atoms with Gasteiger partial charge in [0, 0.05) is 13.0 Å². The topological polar surface area (TPSA) is 69.9 Å². The van der Waals surface area contributed by atoms with Crippen molar-refractivity contribution in [2.75, 3.05) is 7.11 Å². The van der Waals surface area contributed by atoms with Gasteiger partial charge in [-0.15, -0.1) is 0 Å². The summed E-state index contributed by atoms with van der Waals surface area (Å²) in [4.78, 5) is 0. The molecule has 4 aliphatic rings. The Hall–Kier alpha value is -0.490. The minimum absolute atomic E-state index is 0.0753. The summed E-state index contributed by atoms with van der Waals surface area (Å²) in [5.74, 6) is 4.29. The summed E-state index contributed by atoms with van der Waals surface area (Å²) in [6, 6.07) is 0. The molecule has 4 nitrogen and oxygen atoms in total. The maximum Gasteiger partial charge on any atom is 0.154 e. The van der Waals surface area contributed by atoms with E-state index in [0.717, 1.165) is 82.5 Å². The summed E-state index contributed by atoms with van der Waals surface area (Å²) in [7, 11) is 1.80. The van der Waals surface area contributed by atoms with E-state index >= 15 is 0 Å². The van der Waals surface area contributed by atoms with Gasteiger partial charge in [0.2, 0.25) is 0 Å². The average Bonchev–Trinajstić information content (AvgIpc) is 3.76. The number of aliphatic hydroxyl groups excluding tert-OH is 2. The number of hydrogen-bond acceptors (Lipinski definition) is 4. The second-order valence-electron chi connectivity index (χ2n) is 16.9. The lowest BCUT2D eigenvalue weighted by molar-refractivity contribution is -0.106. The van der Waals surface area contributed by atoms with Gasteiger partial charge in [-0.25, -0.2) is 4.39 Å². The third-order valence-corrected chi connectivity index (χ3v) is 12.7. The Kier molecular flexibility index (Phi) is 12.7. The fraction of sp³-hybridized carbons (Fsp3) is 0.947. The van der Waals surface area contributed by atoms with E-state index in [0.29, 0.717) is 36.0 Å². The van der Waals surface area contributed by atoms with Crippen molar-refractivity contribution in [3.63, 3.8) is 0 Å². The number of rotatable bonds is 15. The molecule has 8 atom stereocenters. The number of aliphatic hydroxyl groups is 3. The molecular weight excluding hydrogens is 539 g/mol. The molecule has 0 aromatic carbocycles. The first-order chi connectivity index (χ1) is 20.3. The first kappa shape index (κ1) is 35.4. The molecule has 250 valence electrons. The van der Waals surface area contributed by atoms with Crippen LogP contribution in [0.2, 0.25) is 0 Å². The highest BCUT2D eigenvalue weighted by atomic mass is 19.1. The number of methoxy groups -OCH3 is 1. The lowest BCUT2D eigenvalue weighted by Gasteiger charge is -2.43. The van der Waals surface area contributed by atoms with Crippen molar-refractivity contribution in [1.82, 2.24) is 0 Å². The molecule has 0 aliphatic heterocycles. The van der Waals surface area contributed by atoms with Crippen molar-refractivity contribution in [2.24, 2.45) is 53.3 Å². The zero-order valence-electron chi connectivity index (χ0n) is 28.6. The van der Waals surface area contributed by atoms with Crippen molar-refractivity contribution in [1.29, 1.82) is 0 Å². The van der Waals surface area contributed by atoms with Gasteiger partial charge < -0.3 is 20.1 Å². The number of hydrogen-bond donors (Lipinski definition) is 3. The van der Waals surface area contributed by atoms with Gasteiger partial charge in [-0.3, -0.25) is 0 Å². The lowest BCUT2D eigenvalue weighted by atomic mass is 9.63. The highest BCUT2D eigenvalue weighted by molar-refractivity contribution is 5.16. The Bertz CT molecular complexity index is 870. The molecule has 0 amide bonds. The smallest absolute Gasteiger partial charge is 0.154 e. The van der Waals surface area contributed by atoms with Crippen molar-refractivity contribution >= 4 is 0 Å². The molecule has 0 spiro atoms. The first-order valence-corrected chi connectivity index (χ1v) is 18.2. The number of allylic oxidation sites excluding steroid dienone is 2. The molecule has 0 heterocycles. The van der Waals surface area contributed by atoms with Crippen molar-refractivity contribution in [3.8, 4) is 0 Å². The predicted octanol–water partition coefficient (Wildman–Crippen LogP) is 9.01. The third kappa shape index (κ3) is 10.2.